The first kappa shape index (κ1) is 17.4. The molecule has 1 saturated heterocycles. The molecule has 2 aliphatic heterocycles. The molecule has 0 radical (unpaired) electrons. The third kappa shape index (κ3) is 3.97. The number of rotatable bonds is 4. The van der Waals surface area contributed by atoms with Crippen LogP contribution in [0.2, 0.25) is 0 Å². The van der Waals surface area contributed by atoms with Gasteiger partial charge in [-0.25, -0.2) is 14.0 Å². The monoisotopic (exact) mass is 350 g/mol. The smallest absolute Gasteiger partial charge is 0.338 e. The van der Waals surface area contributed by atoms with Crippen LogP contribution in [-0.4, -0.2) is 52.0 Å². The number of halogens is 1. The van der Waals surface area contributed by atoms with Crippen LogP contribution in [0.25, 0.3) is 0 Å². The molecule has 8 heteroatoms. The maximum Gasteiger partial charge on any atom is 0.338 e. The van der Waals surface area contributed by atoms with E-state index in [0.717, 1.165) is 13.1 Å². The molecule has 0 saturated carbocycles. The summed E-state index contributed by atoms with van der Waals surface area (Å²) in [7, 11) is 1.30. The second kappa shape index (κ2) is 7.62. The highest BCUT2D eigenvalue weighted by molar-refractivity contribution is 5.95. The van der Waals surface area contributed by atoms with Crippen LogP contribution in [-0.2, 0) is 14.3 Å². The lowest BCUT2D eigenvalue weighted by molar-refractivity contribution is -0.903. The van der Waals surface area contributed by atoms with Gasteiger partial charge in [0.15, 0.2) is 0 Å². The highest BCUT2D eigenvalue weighted by atomic mass is 19.1. The first-order valence-electron chi connectivity index (χ1n) is 8.14. The molecule has 1 atom stereocenters. The molecule has 3 N–H and O–H groups in total. The molecule has 0 bridgehead atoms. The summed E-state index contributed by atoms with van der Waals surface area (Å²) in [5.74, 6) is -0.907. The largest absolute Gasteiger partial charge is 0.466 e. The summed E-state index contributed by atoms with van der Waals surface area (Å²) in [6.45, 7) is 3.36. The van der Waals surface area contributed by atoms with Crippen molar-refractivity contribution < 1.29 is 28.4 Å². The summed E-state index contributed by atoms with van der Waals surface area (Å²) in [4.78, 5) is 25.7. The van der Waals surface area contributed by atoms with Crippen LogP contribution in [0.3, 0.4) is 0 Å². The Kier molecular flexibility index (Phi) is 5.30. The number of hydrogen-bond acceptors (Lipinski definition) is 4. The van der Waals surface area contributed by atoms with Crippen molar-refractivity contribution in [3.05, 3.63) is 46.9 Å². The molecule has 1 aromatic carbocycles. The third-order valence-corrected chi connectivity index (χ3v) is 4.39. The first-order chi connectivity index (χ1) is 12.1. The second-order valence-corrected chi connectivity index (χ2v) is 6.01. The number of amides is 2. The Bertz CT molecular complexity index is 684. The minimum Gasteiger partial charge on any atom is -0.466 e. The van der Waals surface area contributed by atoms with Crippen molar-refractivity contribution in [3.8, 4) is 0 Å². The van der Waals surface area contributed by atoms with Gasteiger partial charge in [0.2, 0.25) is 0 Å². The number of ether oxygens (including phenoxy) is 2. The van der Waals surface area contributed by atoms with Crippen LogP contribution in [0.4, 0.5) is 9.18 Å². The number of morpholine rings is 1. The molecule has 2 aliphatic rings. The Morgan fingerprint density at radius 1 is 1.32 bits per heavy atom. The van der Waals surface area contributed by atoms with E-state index in [0.29, 0.717) is 36.6 Å². The summed E-state index contributed by atoms with van der Waals surface area (Å²) in [6, 6.07) is 4.61. The number of carbonyl (C=O) groups excluding carboxylic acids is 2. The fraction of sp³-hybridized carbons (Fsp3) is 0.412. The number of benzene rings is 1. The summed E-state index contributed by atoms with van der Waals surface area (Å²) >= 11 is 0. The number of esters is 1. The van der Waals surface area contributed by atoms with E-state index in [1.807, 2.05) is 0 Å². The van der Waals surface area contributed by atoms with Gasteiger partial charge in [-0.2, -0.15) is 0 Å². The predicted octanol–water partition coefficient (Wildman–Crippen LogP) is -0.478. The van der Waals surface area contributed by atoms with E-state index in [1.165, 1.54) is 24.1 Å². The van der Waals surface area contributed by atoms with Crippen LogP contribution >= 0.6 is 0 Å². The molecule has 3 rings (SSSR count). The Labute approximate surface area is 144 Å². The lowest BCUT2D eigenvalue weighted by atomic mass is 9.95. The van der Waals surface area contributed by atoms with Gasteiger partial charge in [-0.3, -0.25) is 0 Å². The molecule has 0 unspecified atom stereocenters. The topological polar surface area (TPSA) is 81.1 Å². The third-order valence-electron chi connectivity index (χ3n) is 4.39. The van der Waals surface area contributed by atoms with E-state index in [9.17, 15) is 14.0 Å². The number of quaternary nitrogens is 1. The van der Waals surface area contributed by atoms with E-state index in [2.05, 4.69) is 10.6 Å². The number of nitrogens with one attached hydrogen (secondary N) is 3. The van der Waals surface area contributed by atoms with E-state index in [-0.39, 0.29) is 5.82 Å². The number of hydrogen-bond donors (Lipinski definition) is 3. The average molecular weight is 350 g/mol. The molecule has 2 heterocycles. The summed E-state index contributed by atoms with van der Waals surface area (Å²) in [6.07, 6.45) is 0. The fourth-order valence-electron chi connectivity index (χ4n) is 3.10. The van der Waals surface area contributed by atoms with Crippen LogP contribution in [0.1, 0.15) is 11.6 Å². The molecule has 134 valence electrons. The SMILES string of the molecule is COC(=O)C1=C(C[NH+]2CCOCC2)NC(=O)N[C@@H]1c1ccc(F)cc1. The zero-order valence-electron chi connectivity index (χ0n) is 13.9. The summed E-state index contributed by atoms with van der Waals surface area (Å²) in [5, 5.41) is 5.45. The maximum absolute atomic E-state index is 13.2. The van der Waals surface area contributed by atoms with E-state index in [1.54, 1.807) is 12.1 Å². The quantitative estimate of drug-likeness (QED) is 0.641. The maximum atomic E-state index is 13.2. The molecule has 2 amide bonds. The highest BCUT2D eigenvalue weighted by Crippen LogP contribution is 2.27. The molecule has 0 spiro atoms. The standard InChI is InChI=1S/C17H20FN3O4/c1-24-16(22)14-13(10-21-6-8-25-9-7-21)19-17(23)20-15(14)11-2-4-12(18)5-3-11/h2-5,15H,6-10H2,1H3,(H2,19,20,23)/p+1/t15-/m1/s1. The molecular formula is C17H21FN3O4+. The normalized spacial score (nSPS) is 21.5. The van der Waals surface area contributed by atoms with Gasteiger partial charge in [0.05, 0.1) is 37.6 Å². The van der Waals surface area contributed by atoms with E-state index >= 15 is 0 Å². The summed E-state index contributed by atoms with van der Waals surface area (Å²) < 4.78 is 23.5. The predicted molar refractivity (Wildman–Crippen MR) is 86.2 cm³/mol. The zero-order chi connectivity index (χ0) is 17.8. The van der Waals surface area contributed by atoms with Gasteiger partial charge in [0.1, 0.15) is 25.5 Å². The molecule has 1 aromatic rings. The van der Waals surface area contributed by atoms with Crippen molar-refractivity contribution in [2.45, 2.75) is 6.04 Å². The van der Waals surface area contributed by atoms with E-state index in [4.69, 9.17) is 9.47 Å². The molecule has 25 heavy (non-hydrogen) atoms. The van der Waals surface area contributed by atoms with Crippen molar-refractivity contribution in [2.24, 2.45) is 0 Å². The van der Waals surface area contributed by atoms with Crippen molar-refractivity contribution in [1.82, 2.24) is 10.6 Å². The van der Waals surface area contributed by atoms with Gasteiger partial charge in [-0.15, -0.1) is 0 Å². The molecule has 0 aliphatic carbocycles. The lowest BCUT2D eigenvalue weighted by Crippen LogP contribution is -3.14. The van der Waals surface area contributed by atoms with Crippen LogP contribution in [0, 0.1) is 5.82 Å². The first-order valence-corrected chi connectivity index (χ1v) is 8.14. The van der Waals surface area contributed by atoms with Gasteiger partial charge in [0, 0.05) is 0 Å². The second-order valence-electron chi connectivity index (χ2n) is 6.01. The molecule has 0 aromatic heterocycles. The molecule has 1 fully saturated rings. The Morgan fingerprint density at radius 3 is 2.64 bits per heavy atom. The fourth-order valence-corrected chi connectivity index (χ4v) is 3.10. The lowest BCUT2D eigenvalue weighted by Gasteiger charge is -2.31. The molecule has 7 nitrogen and oxygen atoms in total. The van der Waals surface area contributed by atoms with E-state index < -0.39 is 18.0 Å². The van der Waals surface area contributed by atoms with Crippen LogP contribution in [0.5, 0.6) is 0 Å². The Morgan fingerprint density at radius 2 is 2.00 bits per heavy atom. The average Bonchev–Trinajstić information content (AvgIpc) is 2.62. The van der Waals surface area contributed by atoms with Gasteiger partial charge >= 0.3 is 12.0 Å². The highest BCUT2D eigenvalue weighted by Gasteiger charge is 2.35. The van der Waals surface area contributed by atoms with Crippen molar-refractivity contribution in [1.29, 1.82) is 0 Å². The Balaban J connectivity index is 1.96. The Hall–Kier alpha value is -2.45. The minimum atomic E-state index is -0.683. The van der Waals surface area contributed by atoms with Crippen LogP contribution in [0.15, 0.2) is 35.5 Å². The van der Waals surface area contributed by atoms with Gasteiger partial charge < -0.3 is 25.0 Å². The zero-order valence-corrected chi connectivity index (χ0v) is 13.9. The van der Waals surface area contributed by atoms with Crippen molar-refractivity contribution in [3.63, 3.8) is 0 Å². The number of methoxy groups -OCH3 is 1. The summed E-state index contributed by atoms with van der Waals surface area (Å²) in [5.41, 5.74) is 1.49. The number of carbonyl (C=O) groups is 2. The minimum absolute atomic E-state index is 0.340. The van der Waals surface area contributed by atoms with Crippen molar-refractivity contribution >= 4 is 12.0 Å². The van der Waals surface area contributed by atoms with Gasteiger partial charge in [-0.05, 0) is 17.7 Å². The van der Waals surface area contributed by atoms with Gasteiger partial charge in [0.25, 0.3) is 0 Å². The number of urea groups is 1. The van der Waals surface area contributed by atoms with Gasteiger partial charge in [-0.1, -0.05) is 12.1 Å². The van der Waals surface area contributed by atoms with Crippen LogP contribution < -0.4 is 15.5 Å². The molecular weight excluding hydrogens is 329 g/mol. The van der Waals surface area contributed by atoms with Crippen molar-refractivity contribution in [2.75, 3.05) is 40.0 Å².